The highest BCUT2D eigenvalue weighted by Gasteiger charge is 2.14. The summed E-state index contributed by atoms with van der Waals surface area (Å²) in [6.07, 6.45) is 0.686. The quantitative estimate of drug-likeness (QED) is 0.619. The van der Waals surface area contributed by atoms with Crippen LogP contribution in [0.3, 0.4) is 0 Å². The number of carbonyl (C=O) groups is 1. The van der Waals surface area contributed by atoms with E-state index in [-0.39, 0.29) is 5.78 Å². The number of nitriles is 1. The fourth-order valence-corrected chi connectivity index (χ4v) is 2.59. The fourth-order valence-electron chi connectivity index (χ4n) is 1.75. The van der Waals surface area contributed by atoms with E-state index < -0.39 is 0 Å². The van der Waals surface area contributed by atoms with Gasteiger partial charge >= 0.3 is 0 Å². The third-order valence-corrected chi connectivity index (χ3v) is 3.80. The van der Waals surface area contributed by atoms with Crippen LogP contribution >= 0.6 is 11.8 Å². The number of aromatic nitrogens is 3. The highest BCUT2D eigenvalue weighted by Crippen LogP contribution is 2.26. The Labute approximate surface area is 126 Å². The predicted octanol–water partition coefficient (Wildman–Crippen LogP) is 2.70. The van der Waals surface area contributed by atoms with Crippen LogP contribution in [-0.4, -0.2) is 21.0 Å². The van der Waals surface area contributed by atoms with Gasteiger partial charge in [0.05, 0.1) is 11.3 Å². The standard InChI is InChI=1S/C14H14N4O2S/c1-4-12-17-18-13(20-12)7-21-14-10(6-15)5-11(9(3)19)8(2)16-14/h5H,4,7H2,1-3H3. The van der Waals surface area contributed by atoms with E-state index in [0.717, 1.165) is 0 Å². The molecule has 0 spiro atoms. The molecule has 108 valence electrons. The van der Waals surface area contributed by atoms with Gasteiger partial charge in [0.1, 0.15) is 11.1 Å². The van der Waals surface area contributed by atoms with E-state index in [0.29, 0.717) is 45.8 Å². The van der Waals surface area contributed by atoms with Crippen molar-refractivity contribution in [3.63, 3.8) is 0 Å². The number of rotatable bonds is 5. The van der Waals surface area contributed by atoms with Gasteiger partial charge in [-0.25, -0.2) is 4.98 Å². The lowest BCUT2D eigenvalue weighted by Gasteiger charge is -2.06. The van der Waals surface area contributed by atoms with Crippen LogP contribution in [-0.2, 0) is 12.2 Å². The van der Waals surface area contributed by atoms with Crippen LogP contribution in [0.2, 0.25) is 0 Å². The first-order valence-electron chi connectivity index (χ1n) is 6.41. The molecule has 0 fully saturated rings. The maximum absolute atomic E-state index is 11.5. The van der Waals surface area contributed by atoms with Crippen LogP contribution in [0, 0.1) is 18.3 Å². The van der Waals surface area contributed by atoms with Gasteiger partial charge in [-0.1, -0.05) is 18.7 Å². The van der Waals surface area contributed by atoms with Gasteiger partial charge in [0.15, 0.2) is 5.78 Å². The molecule has 21 heavy (non-hydrogen) atoms. The Morgan fingerprint density at radius 2 is 2.14 bits per heavy atom. The smallest absolute Gasteiger partial charge is 0.226 e. The molecule has 0 aromatic carbocycles. The molecular weight excluding hydrogens is 288 g/mol. The van der Waals surface area contributed by atoms with Crippen molar-refractivity contribution in [1.29, 1.82) is 5.26 Å². The first kappa shape index (κ1) is 15.2. The van der Waals surface area contributed by atoms with Crippen molar-refractivity contribution in [2.75, 3.05) is 0 Å². The number of hydrogen-bond acceptors (Lipinski definition) is 7. The lowest BCUT2D eigenvalue weighted by Crippen LogP contribution is -2.02. The van der Waals surface area contributed by atoms with E-state index in [1.807, 2.05) is 6.92 Å². The third-order valence-electron chi connectivity index (χ3n) is 2.82. The predicted molar refractivity (Wildman–Crippen MR) is 76.9 cm³/mol. The van der Waals surface area contributed by atoms with Gasteiger partial charge in [0.25, 0.3) is 0 Å². The summed E-state index contributed by atoms with van der Waals surface area (Å²) in [7, 11) is 0. The SMILES string of the molecule is CCc1nnc(CSc2nc(C)c(C(C)=O)cc2C#N)o1. The van der Waals surface area contributed by atoms with Crippen molar-refractivity contribution in [3.05, 3.63) is 34.7 Å². The van der Waals surface area contributed by atoms with E-state index in [4.69, 9.17) is 4.42 Å². The molecule has 2 rings (SSSR count). The summed E-state index contributed by atoms with van der Waals surface area (Å²) in [5, 5.41) is 17.6. The monoisotopic (exact) mass is 302 g/mol. The topological polar surface area (TPSA) is 92.7 Å². The molecule has 6 nitrogen and oxygen atoms in total. The molecule has 2 aromatic rings. The molecule has 0 atom stereocenters. The minimum absolute atomic E-state index is 0.0995. The molecule has 0 amide bonds. The van der Waals surface area contributed by atoms with E-state index in [9.17, 15) is 10.1 Å². The number of ketones is 1. The number of hydrogen-bond donors (Lipinski definition) is 0. The van der Waals surface area contributed by atoms with Gasteiger partial charge in [-0.3, -0.25) is 4.79 Å². The summed E-state index contributed by atoms with van der Waals surface area (Å²) in [6.45, 7) is 5.15. The maximum Gasteiger partial charge on any atom is 0.226 e. The van der Waals surface area contributed by atoms with Crippen molar-refractivity contribution in [2.24, 2.45) is 0 Å². The summed E-state index contributed by atoms with van der Waals surface area (Å²) in [5.74, 6) is 1.42. The second-order valence-electron chi connectivity index (χ2n) is 4.37. The van der Waals surface area contributed by atoms with Gasteiger partial charge in [0.2, 0.25) is 11.8 Å². The molecule has 0 aliphatic carbocycles. The molecule has 0 aliphatic rings. The minimum atomic E-state index is -0.0995. The van der Waals surface area contributed by atoms with Gasteiger partial charge in [-0.05, 0) is 19.9 Å². The Bertz CT molecular complexity index is 718. The van der Waals surface area contributed by atoms with E-state index >= 15 is 0 Å². The number of aryl methyl sites for hydroxylation is 2. The number of thioether (sulfide) groups is 1. The molecule has 0 saturated heterocycles. The van der Waals surface area contributed by atoms with Crippen LogP contribution in [0.15, 0.2) is 15.5 Å². The molecule has 0 saturated carbocycles. The Morgan fingerprint density at radius 3 is 2.71 bits per heavy atom. The average molecular weight is 302 g/mol. The Hall–Kier alpha value is -2.20. The number of nitrogens with zero attached hydrogens (tertiary/aromatic N) is 4. The van der Waals surface area contributed by atoms with Crippen molar-refractivity contribution < 1.29 is 9.21 Å². The van der Waals surface area contributed by atoms with E-state index in [1.165, 1.54) is 18.7 Å². The highest BCUT2D eigenvalue weighted by molar-refractivity contribution is 7.98. The number of pyridine rings is 1. The van der Waals surface area contributed by atoms with Gasteiger partial charge in [-0.2, -0.15) is 5.26 Å². The summed E-state index contributed by atoms with van der Waals surface area (Å²) in [4.78, 5) is 15.8. The average Bonchev–Trinajstić information content (AvgIpc) is 2.92. The molecule has 2 heterocycles. The highest BCUT2D eigenvalue weighted by atomic mass is 32.2. The molecule has 0 bridgehead atoms. The molecular formula is C14H14N4O2S. The van der Waals surface area contributed by atoms with Crippen LogP contribution in [0.5, 0.6) is 0 Å². The molecule has 0 radical (unpaired) electrons. The summed E-state index contributed by atoms with van der Waals surface area (Å²) in [6, 6.07) is 3.65. The molecule has 0 unspecified atom stereocenters. The zero-order valence-electron chi connectivity index (χ0n) is 12.0. The molecule has 0 N–H and O–H groups in total. The molecule has 7 heteroatoms. The summed E-state index contributed by atoms with van der Waals surface area (Å²) < 4.78 is 5.41. The molecule has 2 aromatic heterocycles. The van der Waals surface area contributed by atoms with Crippen molar-refractivity contribution in [1.82, 2.24) is 15.2 Å². The Balaban J connectivity index is 2.21. The zero-order chi connectivity index (χ0) is 15.4. The van der Waals surface area contributed by atoms with Gasteiger partial charge in [0, 0.05) is 17.7 Å². The van der Waals surface area contributed by atoms with Crippen LogP contribution < -0.4 is 0 Å². The summed E-state index contributed by atoms with van der Waals surface area (Å²) in [5.41, 5.74) is 1.47. The lowest BCUT2D eigenvalue weighted by molar-refractivity contribution is 0.101. The minimum Gasteiger partial charge on any atom is -0.424 e. The molecule has 0 aliphatic heterocycles. The second kappa shape index (κ2) is 6.50. The van der Waals surface area contributed by atoms with Gasteiger partial charge in [-0.15, -0.1) is 10.2 Å². The van der Waals surface area contributed by atoms with Crippen molar-refractivity contribution in [2.45, 2.75) is 38.0 Å². The largest absolute Gasteiger partial charge is 0.424 e. The van der Waals surface area contributed by atoms with Crippen LogP contribution in [0.25, 0.3) is 0 Å². The van der Waals surface area contributed by atoms with Crippen LogP contribution in [0.1, 0.15) is 47.2 Å². The zero-order valence-corrected chi connectivity index (χ0v) is 12.8. The summed E-state index contributed by atoms with van der Waals surface area (Å²) >= 11 is 1.34. The number of carbonyl (C=O) groups excluding carboxylic acids is 1. The first-order chi connectivity index (χ1) is 10.0. The third kappa shape index (κ3) is 3.47. The Morgan fingerprint density at radius 1 is 1.43 bits per heavy atom. The number of Topliss-reactive ketones (excluding diaryl/α,β-unsaturated/α-hetero) is 1. The second-order valence-corrected chi connectivity index (χ2v) is 5.34. The lowest BCUT2D eigenvalue weighted by atomic mass is 10.1. The first-order valence-corrected chi connectivity index (χ1v) is 7.40. The van der Waals surface area contributed by atoms with Crippen LogP contribution in [0.4, 0.5) is 0 Å². The fraction of sp³-hybridized carbons (Fsp3) is 0.357. The van der Waals surface area contributed by atoms with Gasteiger partial charge < -0.3 is 4.42 Å². The van der Waals surface area contributed by atoms with E-state index in [2.05, 4.69) is 21.3 Å². The van der Waals surface area contributed by atoms with Crippen molar-refractivity contribution >= 4 is 17.5 Å². The van der Waals surface area contributed by atoms with E-state index in [1.54, 1.807) is 13.0 Å². The normalized spacial score (nSPS) is 10.4. The maximum atomic E-state index is 11.5. The van der Waals surface area contributed by atoms with Crippen molar-refractivity contribution in [3.8, 4) is 6.07 Å². The Kier molecular flexibility index (Phi) is 4.70.